The van der Waals surface area contributed by atoms with Gasteiger partial charge in [0, 0.05) is 26.1 Å². The van der Waals surface area contributed by atoms with Crippen LogP contribution in [0.2, 0.25) is 0 Å². The maximum Gasteiger partial charge on any atom is 0.221 e. The van der Waals surface area contributed by atoms with Gasteiger partial charge in [0.2, 0.25) is 5.91 Å². The Bertz CT molecular complexity index is 117. The van der Waals surface area contributed by atoms with Gasteiger partial charge >= 0.3 is 0 Å². The van der Waals surface area contributed by atoms with Crippen LogP contribution in [0.25, 0.3) is 0 Å². The lowest BCUT2D eigenvalue weighted by Crippen LogP contribution is -2.36. The Morgan fingerprint density at radius 1 is 1.73 bits per heavy atom. The zero-order chi connectivity index (χ0) is 8.69. The Hall–Kier alpha value is -0.610. The molecule has 0 fully saturated rings. The van der Waals surface area contributed by atoms with Crippen LogP contribution in [0.3, 0.4) is 0 Å². The molecule has 1 unspecified atom stereocenters. The van der Waals surface area contributed by atoms with Gasteiger partial charge in [-0.3, -0.25) is 4.79 Å². The number of ether oxygens (including phenoxy) is 1. The number of carbonyl (C=O) groups excluding carboxylic acids is 1. The molecule has 1 amide bonds. The highest BCUT2D eigenvalue weighted by Crippen LogP contribution is 1.83. The molecule has 0 aliphatic carbocycles. The Kier molecular flexibility index (Phi) is 5.78. The fourth-order valence-corrected chi connectivity index (χ4v) is 0.770. The first-order chi connectivity index (χ1) is 5.20. The number of nitrogens with two attached hydrogens (primary N) is 1. The summed E-state index contributed by atoms with van der Waals surface area (Å²) in [5.41, 5.74) is 5.19. The van der Waals surface area contributed by atoms with Crippen LogP contribution in [0.1, 0.15) is 13.3 Å². The van der Waals surface area contributed by atoms with Crippen molar-refractivity contribution in [3.8, 4) is 0 Å². The third-order valence-electron chi connectivity index (χ3n) is 1.20. The minimum atomic E-state index is -0.0166. The van der Waals surface area contributed by atoms with Gasteiger partial charge in [0.05, 0.1) is 6.61 Å². The number of hydrogen-bond acceptors (Lipinski definition) is 3. The Morgan fingerprint density at radius 2 is 2.36 bits per heavy atom. The van der Waals surface area contributed by atoms with E-state index in [9.17, 15) is 4.79 Å². The summed E-state index contributed by atoms with van der Waals surface area (Å²) in [6.45, 7) is 2.82. The average molecular weight is 160 g/mol. The molecule has 0 aliphatic heterocycles. The molecule has 0 aromatic rings. The summed E-state index contributed by atoms with van der Waals surface area (Å²) in [5.74, 6) is -0.0166. The van der Waals surface area contributed by atoms with E-state index in [2.05, 4.69) is 5.32 Å². The summed E-state index contributed by atoms with van der Waals surface area (Å²) >= 11 is 0. The monoisotopic (exact) mass is 160 g/mol. The van der Waals surface area contributed by atoms with Crippen molar-refractivity contribution in [3.05, 3.63) is 0 Å². The first-order valence-electron chi connectivity index (χ1n) is 3.69. The summed E-state index contributed by atoms with van der Waals surface area (Å²) in [7, 11) is 1.60. The summed E-state index contributed by atoms with van der Waals surface area (Å²) in [4.78, 5) is 10.9. The molecule has 0 saturated heterocycles. The van der Waals surface area contributed by atoms with E-state index in [0.29, 0.717) is 19.6 Å². The van der Waals surface area contributed by atoms with E-state index in [-0.39, 0.29) is 11.9 Å². The van der Waals surface area contributed by atoms with E-state index in [4.69, 9.17) is 10.5 Å². The van der Waals surface area contributed by atoms with Gasteiger partial charge in [-0.15, -0.1) is 0 Å². The maximum absolute atomic E-state index is 10.9. The summed E-state index contributed by atoms with van der Waals surface area (Å²) < 4.78 is 4.84. The Morgan fingerprint density at radius 3 is 2.82 bits per heavy atom. The second-order valence-electron chi connectivity index (χ2n) is 2.46. The van der Waals surface area contributed by atoms with Gasteiger partial charge in [0.25, 0.3) is 0 Å². The van der Waals surface area contributed by atoms with E-state index in [0.717, 1.165) is 0 Å². The van der Waals surface area contributed by atoms with Gasteiger partial charge < -0.3 is 15.8 Å². The molecule has 4 nitrogen and oxygen atoms in total. The topological polar surface area (TPSA) is 64.3 Å². The fourth-order valence-electron chi connectivity index (χ4n) is 0.770. The quantitative estimate of drug-likeness (QED) is 0.569. The standard InChI is InChI=1S/C7H16N2O2/c1-6(5-11-2)9-7(10)3-4-8/h6H,3-5,8H2,1-2H3,(H,9,10). The smallest absolute Gasteiger partial charge is 0.221 e. The number of methoxy groups -OCH3 is 1. The summed E-state index contributed by atoms with van der Waals surface area (Å²) in [6, 6.07) is 0.0686. The molecule has 0 rings (SSSR count). The van der Waals surface area contributed by atoms with Gasteiger partial charge in [-0.05, 0) is 6.92 Å². The molecule has 3 N–H and O–H groups in total. The van der Waals surface area contributed by atoms with Gasteiger partial charge in [0.1, 0.15) is 0 Å². The molecule has 0 radical (unpaired) electrons. The van der Waals surface area contributed by atoms with E-state index >= 15 is 0 Å². The molecule has 0 saturated carbocycles. The lowest BCUT2D eigenvalue weighted by Gasteiger charge is -2.11. The maximum atomic E-state index is 10.9. The van der Waals surface area contributed by atoms with Gasteiger partial charge in [0.15, 0.2) is 0 Å². The van der Waals surface area contributed by atoms with Gasteiger partial charge in [-0.1, -0.05) is 0 Å². The average Bonchev–Trinajstić information content (AvgIpc) is 1.87. The lowest BCUT2D eigenvalue weighted by molar-refractivity contribution is -0.121. The molecule has 0 aromatic carbocycles. The number of hydrogen-bond donors (Lipinski definition) is 2. The van der Waals surface area contributed by atoms with Crippen molar-refractivity contribution in [2.45, 2.75) is 19.4 Å². The predicted molar refractivity (Wildman–Crippen MR) is 43.2 cm³/mol. The zero-order valence-electron chi connectivity index (χ0n) is 7.09. The van der Waals surface area contributed by atoms with Crippen molar-refractivity contribution in [1.29, 1.82) is 0 Å². The van der Waals surface area contributed by atoms with Crippen LogP contribution < -0.4 is 11.1 Å². The molecule has 11 heavy (non-hydrogen) atoms. The van der Waals surface area contributed by atoms with E-state index in [1.807, 2.05) is 6.92 Å². The largest absolute Gasteiger partial charge is 0.383 e. The minimum Gasteiger partial charge on any atom is -0.383 e. The highest BCUT2D eigenvalue weighted by molar-refractivity contribution is 5.76. The molecule has 66 valence electrons. The van der Waals surface area contributed by atoms with Crippen LogP contribution in [-0.2, 0) is 9.53 Å². The number of carbonyl (C=O) groups is 1. The Labute approximate surface area is 67.1 Å². The first-order valence-corrected chi connectivity index (χ1v) is 3.69. The van der Waals surface area contributed by atoms with Gasteiger partial charge in [-0.25, -0.2) is 0 Å². The molecule has 4 heteroatoms. The van der Waals surface area contributed by atoms with Crippen LogP contribution >= 0.6 is 0 Å². The number of nitrogens with one attached hydrogen (secondary N) is 1. The van der Waals surface area contributed by atoms with Gasteiger partial charge in [-0.2, -0.15) is 0 Å². The van der Waals surface area contributed by atoms with E-state index in [1.165, 1.54) is 0 Å². The third kappa shape index (κ3) is 5.82. The molecule has 0 bridgehead atoms. The normalized spacial score (nSPS) is 12.6. The highest BCUT2D eigenvalue weighted by Gasteiger charge is 2.04. The van der Waals surface area contributed by atoms with Crippen molar-refractivity contribution in [2.75, 3.05) is 20.3 Å². The summed E-state index contributed by atoms with van der Waals surface area (Å²) in [6.07, 6.45) is 0.383. The number of amides is 1. The van der Waals surface area contributed by atoms with Crippen LogP contribution in [0.5, 0.6) is 0 Å². The van der Waals surface area contributed by atoms with Crippen LogP contribution in [0, 0.1) is 0 Å². The summed E-state index contributed by atoms with van der Waals surface area (Å²) in [5, 5.41) is 2.74. The number of rotatable bonds is 5. The van der Waals surface area contributed by atoms with Crippen molar-refractivity contribution >= 4 is 5.91 Å². The van der Waals surface area contributed by atoms with Crippen LogP contribution in [0.15, 0.2) is 0 Å². The van der Waals surface area contributed by atoms with Crippen molar-refractivity contribution in [1.82, 2.24) is 5.32 Å². The molecule has 0 heterocycles. The van der Waals surface area contributed by atoms with Crippen LogP contribution in [0.4, 0.5) is 0 Å². The Balaban J connectivity index is 3.40. The predicted octanol–water partition coefficient (Wildman–Crippen LogP) is -0.514. The van der Waals surface area contributed by atoms with E-state index < -0.39 is 0 Å². The van der Waals surface area contributed by atoms with Crippen molar-refractivity contribution in [3.63, 3.8) is 0 Å². The van der Waals surface area contributed by atoms with E-state index in [1.54, 1.807) is 7.11 Å². The minimum absolute atomic E-state index is 0.0166. The highest BCUT2D eigenvalue weighted by atomic mass is 16.5. The zero-order valence-corrected chi connectivity index (χ0v) is 7.09. The fraction of sp³-hybridized carbons (Fsp3) is 0.857. The van der Waals surface area contributed by atoms with Crippen molar-refractivity contribution < 1.29 is 9.53 Å². The molecular weight excluding hydrogens is 144 g/mol. The molecule has 0 aliphatic rings. The van der Waals surface area contributed by atoms with Crippen molar-refractivity contribution in [2.24, 2.45) is 5.73 Å². The molecule has 0 aromatic heterocycles. The SMILES string of the molecule is COCC(C)NC(=O)CCN. The molecule has 1 atom stereocenters. The molecular formula is C7H16N2O2. The third-order valence-corrected chi connectivity index (χ3v) is 1.20. The second kappa shape index (κ2) is 6.12. The molecule has 0 spiro atoms. The first kappa shape index (κ1) is 10.4. The lowest BCUT2D eigenvalue weighted by atomic mass is 10.3. The second-order valence-corrected chi connectivity index (χ2v) is 2.46. The van der Waals surface area contributed by atoms with Crippen LogP contribution in [-0.4, -0.2) is 32.2 Å².